The molecule has 0 bridgehead atoms. The van der Waals surface area contributed by atoms with Crippen molar-refractivity contribution < 1.29 is 14.5 Å². The average molecular weight is 345 g/mol. The van der Waals surface area contributed by atoms with Crippen molar-refractivity contribution in [3.8, 4) is 0 Å². The number of carbonyl (C=O) groups excluding carboxylic acids is 2. The highest BCUT2D eigenvalue weighted by Crippen LogP contribution is 2.27. The Morgan fingerprint density at radius 3 is 2.28 bits per heavy atom. The van der Waals surface area contributed by atoms with Gasteiger partial charge in [0, 0.05) is 49.3 Å². The predicted molar refractivity (Wildman–Crippen MR) is 92.3 cm³/mol. The van der Waals surface area contributed by atoms with Crippen LogP contribution in [0.4, 0.5) is 5.69 Å². The number of nitro groups is 1. The molecule has 1 saturated carbocycles. The van der Waals surface area contributed by atoms with Crippen molar-refractivity contribution in [3.05, 3.63) is 39.4 Å². The first-order valence-corrected chi connectivity index (χ1v) is 8.81. The summed E-state index contributed by atoms with van der Waals surface area (Å²) in [5.41, 5.74) is 0.715. The fourth-order valence-corrected chi connectivity index (χ4v) is 3.78. The van der Waals surface area contributed by atoms with Crippen molar-refractivity contribution in [3.63, 3.8) is 0 Å². The normalized spacial score (nSPS) is 18.4. The zero-order chi connectivity index (χ0) is 18.0. The van der Waals surface area contributed by atoms with Crippen LogP contribution in [-0.2, 0) is 4.79 Å². The predicted octanol–water partition coefficient (Wildman–Crippen LogP) is 2.38. The van der Waals surface area contributed by atoms with Gasteiger partial charge in [-0.15, -0.1) is 0 Å². The van der Waals surface area contributed by atoms with E-state index in [1.54, 1.807) is 17.9 Å². The number of benzene rings is 1. The van der Waals surface area contributed by atoms with Crippen LogP contribution in [0.1, 0.15) is 41.6 Å². The molecule has 1 aliphatic carbocycles. The molecule has 25 heavy (non-hydrogen) atoms. The number of hydrogen-bond acceptors (Lipinski definition) is 4. The molecule has 134 valence electrons. The number of rotatable bonds is 3. The van der Waals surface area contributed by atoms with E-state index in [-0.39, 0.29) is 23.4 Å². The van der Waals surface area contributed by atoms with Crippen LogP contribution >= 0.6 is 0 Å². The molecule has 1 aromatic carbocycles. The lowest BCUT2D eigenvalue weighted by molar-refractivity contribution is -0.385. The average Bonchev–Trinajstić information content (AvgIpc) is 3.15. The molecule has 0 N–H and O–H groups in total. The Hall–Kier alpha value is -2.44. The molecular formula is C18H23N3O4. The summed E-state index contributed by atoms with van der Waals surface area (Å²) in [7, 11) is 0. The molecule has 3 rings (SSSR count). The van der Waals surface area contributed by atoms with Crippen molar-refractivity contribution in [1.82, 2.24) is 9.80 Å². The Labute approximate surface area is 146 Å². The Bertz CT molecular complexity index is 690. The lowest BCUT2D eigenvalue weighted by Gasteiger charge is -2.36. The first kappa shape index (κ1) is 17.4. The lowest BCUT2D eigenvalue weighted by atomic mass is 10.0. The summed E-state index contributed by atoms with van der Waals surface area (Å²) in [5, 5.41) is 11.1. The quantitative estimate of drug-likeness (QED) is 0.622. The van der Waals surface area contributed by atoms with Gasteiger partial charge in [-0.3, -0.25) is 19.7 Å². The van der Waals surface area contributed by atoms with Crippen LogP contribution in [0.25, 0.3) is 0 Å². The number of carbonyl (C=O) groups is 2. The van der Waals surface area contributed by atoms with Gasteiger partial charge >= 0.3 is 0 Å². The van der Waals surface area contributed by atoms with Crippen LogP contribution in [0.15, 0.2) is 18.2 Å². The van der Waals surface area contributed by atoms with Gasteiger partial charge in [0.15, 0.2) is 0 Å². The maximum Gasteiger partial charge on any atom is 0.273 e. The molecule has 1 heterocycles. The molecule has 0 unspecified atom stereocenters. The summed E-state index contributed by atoms with van der Waals surface area (Å²) in [4.78, 5) is 39.3. The topological polar surface area (TPSA) is 83.8 Å². The molecule has 2 fully saturated rings. The van der Waals surface area contributed by atoms with Gasteiger partial charge in [-0.1, -0.05) is 18.9 Å². The van der Waals surface area contributed by atoms with Crippen molar-refractivity contribution in [2.75, 3.05) is 26.2 Å². The van der Waals surface area contributed by atoms with Crippen LogP contribution < -0.4 is 0 Å². The Balaban J connectivity index is 1.65. The van der Waals surface area contributed by atoms with Crippen LogP contribution in [0.2, 0.25) is 0 Å². The molecule has 2 aliphatic rings. The standard InChI is InChI=1S/C18H23N3O4/c1-13-15(7-4-8-16(13)21(24)25)18(23)20-11-9-19(10-12-20)17(22)14-5-2-3-6-14/h4,7-8,14H,2-3,5-6,9-12H2,1H3. The molecular weight excluding hydrogens is 322 g/mol. The molecule has 1 saturated heterocycles. The van der Waals surface area contributed by atoms with Gasteiger partial charge in [0.2, 0.25) is 5.91 Å². The lowest BCUT2D eigenvalue weighted by Crippen LogP contribution is -2.51. The van der Waals surface area contributed by atoms with Crippen LogP contribution in [0.5, 0.6) is 0 Å². The van der Waals surface area contributed by atoms with Gasteiger partial charge in [0.25, 0.3) is 11.6 Å². The number of nitro benzene ring substituents is 1. The van der Waals surface area contributed by atoms with Gasteiger partial charge in [0.05, 0.1) is 4.92 Å². The van der Waals surface area contributed by atoms with Gasteiger partial charge in [-0.2, -0.15) is 0 Å². The smallest absolute Gasteiger partial charge is 0.273 e. The van der Waals surface area contributed by atoms with Gasteiger partial charge in [0.1, 0.15) is 0 Å². The third-order valence-corrected chi connectivity index (χ3v) is 5.32. The Kier molecular flexibility index (Phi) is 5.01. The Morgan fingerprint density at radius 1 is 1.08 bits per heavy atom. The molecule has 0 spiro atoms. The Morgan fingerprint density at radius 2 is 1.68 bits per heavy atom. The van der Waals surface area contributed by atoms with E-state index >= 15 is 0 Å². The largest absolute Gasteiger partial charge is 0.339 e. The minimum atomic E-state index is -0.468. The summed E-state index contributed by atoms with van der Waals surface area (Å²) < 4.78 is 0. The third kappa shape index (κ3) is 3.50. The van der Waals surface area contributed by atoms with Crippen molar-refractivity contribution >= 4 is 17.5 Å². The van der Waals surface area contributed by atoms with Gasteiger partial charge in [-0.25, -0.2) is 0 Å². The number of hydrogen-bond donors (Lipinski definition) is 0. The van der Waals surface area contributed by atoms with Crippen LogP contribution in [0.3, 0.4) is 0 Å². The third-order valence-electron chi connectivity index (χ3n) is 5.32. The molecule has 1 aliphatic heterocycles. The second-order valence-electron chi connectivity index (χ2n) is 6.81. The summed E-state index contributed by atoms with van der Waals surface area (Å²) in [6.07, 6.45) is 4.21. The molecule has 0 radical (unpaired) electrons. The van der Waals surface area contributed by atoms with Crippen molar-refractivity contribution in [2.45, 2.75) is 32.6 Å². The van der Waals surface area contributed by atoms with E-state index in [2.05, 4.69) is 0 Å². The van der Waals surface area contributed by atoms with E-state index in [4.69, 9.17) is 0 Å². The summed E-state index contributed by atoms with van der Waals surface area (Å²) in [6, 6.07) is 4.57. The van der Waals surface area contributed by atoms with Gasteiger partial charge in [-0.05, 0) is 25.8 Å². The van der Waals surface area contributed by atoms with Crippen molar-refractivity contribution in [2.24, 2.45) is 5.92 Å². The highest BCUT2D eigenvalue weighted by molar-refractivity contribution is 5.96. The second-order valence-corrected chi connectivity index (χ2v) is 6.81. The molecule has 1 aromatic rings. The van der Waals surface area contributed by atoms with E-state index in [1.807, 2.05) is 4.90 Å². The maximum absolute atomic E-state index is 12.7. The van der Waals surface area contributed by atoms with E-state index in [0.717, 1.165) is 25.7 Å². The molecule has 0 atom stereocenters. The summed E-state index contributed by atoms with van der Waals surface area (Å²) >= 11 is 0. The zero-order valence-corrected chi connectivity index (χ0v) is 14.4. The van der Waals surface area contributed by atoms with Crippen LogP contribution in [-0.4, -0.2) is 52.7 Å². The number of piperazine rings is 1. The van der Waals surface area contributed by atoms with E-state index in [0.29, 0.717) is 37.3 Å². The minimum Gasteiger partial charge on any atom is -0.339 e. The first-order valence-electron chi connectivity index (χ1n) is 8.81. The van der Waals surface area contributed by atoms with Crippen molar-refractivity contribution in [1.29, 1.82) is 0 Å². The van der Waals surface area contributed by atoms with E-state index in [9.17, 15) is 19.7 Å². The second kappa shape index (κ2) is 7.21. The summed E-state index contributed by atoms with van der Waals surface area (Å²) in [5.74, 6) is 0.173. The highest BCUT2D eigenvalue weighted by atomic mass is 16.6. The fraction of sp³-hybridized carbons (Fsp3) is 0.556. The first-order chi connectivity index (χ1) is 12.0. The number of amides is 2. The monoisotopic (exact) mass is 345 g/mol. The molecule has 0 aromatic heterocycles. The summed E-state index contributed by atoms with van der Waals surface area (Å²) in [6.45, 7) is 3.62. The highest BCUT2D eigenvalue weighted by Gasteiger charge is 2.31. The minimum absolute atomic E-state index is 0.0408. The molecule has 2 amide bonds. The maximum atomic E-state index is 12.7. The molecule has 7 nitrogen and oxygen atoms in total. The van der Waals surface area contributed by atoms with E-state index < -0.39 is 4.92 Å². The van der Waals surface area contributed by atoms with E-state index in [1.165, 1.54) is 12.1 Å². The zero-order valence-electron chi connectivity index (χ0n) is 14.4. The number of nitrogens with zero attached hydrogens (tertiary/aromatic N) is 3. The SMILES string of the molecule is Cc1c(C(=O)N2CCN(C(=O)C3CCCC3)CC2)cccc1[N+](=O)[O-]. The van der Waals surface area contributed by atoms with Gasteiger partial charge < -0.3 is 9.80 Å². The fourth-order valence-electron chi connectivity index (χ4n) is 3.78. The van der Waals surface area contributed by atoms with Crippen LogP contribution in [0, 0.1) is 23.0 Å². The molecule has 7 heteroatoms.